The molecule has 1 aromatic rings. The summed E-state index contributed by atoms with van der Waals surface area (Å²) in [5, 5.41) is 0. The maximum atomic E-state index is 12.1. The fourth-order valence-corrected chi connectivity index (χ4v) is 4.23. The first-order valence-corrected chi connectivity index (χ1v) is 7.72. The lowest BCUT2D eigenvalue weighted by Gasteiger charge is -2.26. The van der Waals surface area contributed by atoms with Gasteiger partial charge in [0.15, 0.2) is 0 Å². The third-order valence-corrected chi connectivity index (χ3v) is 4.94. The van der Waals surface area contributed by atoms with Crippen molar-refractivity contribution in [3.63, 3.8) is 0 Å². The van der Waals surface area contributed by atoms with E-state index in [4.69, 9.17) is 10.5 Å². The number of rotatable bonds is 4. The molecular weight excluding hydrogens is 280 g/mol. The summed E-state index contributed by atoms with van der Waals surface area (Å²) >= 11 is 0. The Morgan fingerprint density at radius 2 is 1.73 bits per heavy atom. The van der Waals surface area contributed by atoms with Crippen LogP contribution in [0.15, 0.2) is 0 Å². The smallest absolute Gasteiger partial charge is 0.325 e. The van der Waals surface area contributed by atoms with Crippen LogP contribution in [0.2, 0.25) is 0 Å². The average molecular weight is 306 g/mol. The topological polar surface area (TPSA) is 74.3 Å². The molecule has 5 nitrogen and oxygen atoms in total. The van der Waals surface area contributed by atoms with Gasteiger partial charge in [-0.15, -0.1) is 0 Å². The number of nitrogens with two attached hydrogens (primary N) is 1. The summed E-state index contributed by atoms with van der Waals surface area (Å²) in [6.07, 6.45) is 0.696. The number of hydrogen-bond acceptors (Lipinski definition) is 3. The summed E-state index contributed by atoms with van der Waals surface area (Å²) in [5.74, 6) is -0.573. The molecule has 0 aliphatic heterocycles. The number of fused-ring (bicyclic) bond motifs is 1. The van der Waals surface area contributed by atoms with E-state index < -0.39 is 5.41 Å². The summed E-state index contributed by atoms with van der Waals surface area (Å²) in [4.78, 5) is 24.0. The molecule has 22 heavy (non-hydrogen) atoms. The number of esters is 1. The second kappa shape index (κ2) is 5.14. The molecule has 1 aromatic heterocycles. The van der Waals surface area contributed by atoms with E-state index in [1.165, 1.54) is 0 Å². The van der Waals surface area contributed by atoms with Gasteiger partial charge in [0.05, 0.1) is 12.0 Å². The molecule has 0 fully saturated rings. The van der Waals surface area contributed by atoms with E-state index in [2.05, 4.69) is 13.8 Å². The van der Waals surface area contributed by atoms with Crippen molar-refractivity contribution in [3.05, 3.63) is 22.5 Å². The molecule has 122 valence electrons. The van der Waals surface area contributed by atoms with Crippen LogP contribution in [-0.4, -0.2) is 23.1 Å². The lowest BCUT2D eigenvalue weighted by atomic mass is 9.79. The Balaban J connectivity index is 2.61. The number of aromatic nitrogens is 1. The van der Waals surface area contributed by atoms with E-state index in [9.17, 15) is 9.59 Å². The minimum absolute atomic E-state index is 0.145. The quantitative estimate of drug-likeness (QED) is 0.866. The second-order valence-corrected chi connectivity index (χ2v) is 7.07. The summed E-state index contributed by atoms with van der Waals surface area (Å²) in [5.41, 5.74) is 8.98. The van der Waals surface area contributed by atoms with Gasteiger partial charge in [0.2, 0.25) is 5.91 Å². The Bertz CT molecular complexity index is 643. The summed E-state index contributed by atoms with van der Waals surface area (Å²) in [6.45, 7) is 12.4. The van der Waals surface area contributed by atoms with Crippen LogP contribution in [0.3, 0.4) is 0 Å². The molecule has 0 saturated carbocycles. The van der Waals surface area contributed by atoms with Crippen LogP contribution < -0.4 is 5.73 Å². The normalized spacial score (nSPS) is 22.5. The van der Waals surface area contributed by atoms with Gasteiger partial charge in [-0.1, -0.05) is 13.8 Å². The number of hydrogen-bond donors (Lipinski definition) is 1. The second-order valence-electron chi connectivity index (χ2n) is 7.07. The van der Waals surface area contributed by atoms with E-state index in [1.54, 1.807) is 6.92 Å². The molecule has 1 atom stereocenters. The van der Waals surface area contributed by atoms with Gasteiger partial charge in [0.25, 0.3) is 0 Å². The summed E-state index contributed by atoms with van der Waals surface area (Å²) < 4.78 is 7.01. The predicted octanol–water partition coefficient (Wildman–Crippen LogP) is 2.09. The minimum Gasteiger partial charge on any atom is -0.465 e. The van der Waals surface area contributed by atoms with Crippen molar-refractivity contribution < 1.29 is 14.3 Å². The highest BCUT2D eigenvalue weighted by atomic mass is 16.5. The van der Waals surface area contributed by atoms with Crippen molar-refractivity contribution in [1.82, 2.24) is 4.57 Å². The monoisotopic (exact) mass is 306 g/mol. The third kappa shape index (κ3) is 2.23. The van der Waals surface area contributed by atoms with Crippen LogP contribution in [0.4, 0.5) is 0 Å². The SMILES string of the molecule is CCOC(=O)Cn1c(C)c2c(c1C)C(C)(C(N)=O)CC2(C)C. The van der Waals surface area contributed by atoms with Crippen LogP contribution >= 0.6 is 0 Å². The van der Waals surface area contributed by atoms with E-state index in [0.29, 0.717) is 13.0 Å². The molecule has 0 radical (unpaired) electrons. The fourth-order valence-electron chi connectivity index (χ4n) is 4.23. The number of nitrogens with zero attached hydrogens (tertiary/aromatic N) is 1. The molecule has 1 aliphatic rings. The van der Waals surface area contributed by atoms with Gasteiger partial charge in [0.1, 0.15) is 6.54 Å². The third-order valence-electron chi connectivity index (χ3n) is 4.94. The lowest BCUT2D eigenvalue weighted by molar-refractivity contribution is -0.143. The van der Waals surface area contributed by atoms with Crippen LogP contribution in [0.25, 0.3) is 0 Å². The number of carbonyl (C=O) groups excluding carboxylic acids is 2. The highest BCUT2D eigenvalue weighted by Gasteiger charge is 2.51. The van der Waals surface area contributed by atoms with Crippen molar-refractivity contribution >= 4 is 11.9 Å². The maximum Gasteiger partial charge on any atom is 0.325 e. The number of ether oxygens (including phenoxy) is 1. The zero-order valence-electron chi connectivity index (χ0n) is 14.4. The van der Waals surface area contributed by atoms with Gasteiger partial charge in [-0.05, 0) is 50.7 Å². The van der Waals surface area contributed by atoms with Crippen LogP contribution in [0, 0.1) is 13.8 Å². The van der Waals surface area contributed by atoms with Crippen molar-refractivity contribution in [3.8, 4) is 0 Å². The molecule has 1 aliphatic carbocycles. The standard InChI is InChI=1S/C17H26N2O3/c1-7-22-12(20)8-19-10(2)13-14(11(19)3)17(6,15(18)21)9-16(13,4)5/h7-9H2,1-6H3,(H2,18,21). The Morgan fingerprint density at radius 3 is 2.23 bits per heavy atom. The summed E-state index contributed by atoms with van der Waals surface area (Å²) in [6, 6.07) is 0. The molecule has 0 spiro atoms. The average Bonchev–Trinajstić information content (AvgIpc) is 2.76. The minimum atomic E-state index is -0.687. The van der Waals surface area contributed by atoms with Gasteiger partial charge in [-0.25, -0.2) is 0 Å². The first kappa shape index (κ1) is 16.6. The molecule has 0 bridgehead atoms. The van der Waals surface area contributed by atoms with E-state index in [-0.39, 0.29) is 23.8 Å². The molecule has 0 saturated heterocycles. The van der Waals surface area contributed by atoms with Crippen LogP contribution in [-0.2, 0) is 31.7 Å². The van der Waals surface area contributed by atoms with Crippen LogP contribution in [0.1, 0.15) is 56.6 Å². The van der Waals surface area contributed by atoms with Gasteiger partial charge < -0.3 is 15.0 Å². The van der Waals surface area contributed by atoms with E-state index in [1.807, 2.05) is 25.3 Å². The Labute approximate surface area is 131 Å². The Morgan fingerprint density at radius 1 is 1.18 bits per heavy atom. The largest absolute Gasteiger partial charge is 0.465 e. The van der Waals surface area contributed by atoms with E-state index in [0.717, 1.165) is 22.5 Å². The lowest BCUT2D eigenvalue weighted by Crippen LogP contribution is -2.38. The number of amides is 1. The van der Waals surface area contributed by atoms with Gasteiger partial charge >= 0.3 is 5.97 Å². The predicted molar refractivity (Wildman–Crippen MR) is 84.7 cm³/mol. The van der Waals surface area contributed by atoms with Crippen molar-refractivity contribution in [2.75, 3.05) is 6.61 Å². The molecular formula is C17H26N2O3. The van der Waals surface area contributed by atoms with Crippen LogP contribution in [0.5, 0.6) is 0 Å². The zero-order chi connectivity index (χ0) is 16.9. The van der Waals surface area contributed by atoms with Crippen molar-refractivity contribution in [2.45, 2.75) is 65.3 Å². The van der Waals surface area contributed by atoms with Gasteiger partial charge in [0, 0.05) is 11.4 Å². The number of primary amides is 1. The van der Waals surface area contributed by atoms with Gasteiger partial charge in [-0.3, -0.25) is 9.59 Å². The molecule has 5 heteroatoms. The molecule has 0 aromatic carbocycles. The maximum absolute atomic E-state index is 12.1. The molecule has 1 heterocycles. The Hall–Kier alpha value is -1.78. The number of carbonyl (C=O) groups is 2. The van der Waals surface area contributed by atoms with Crippen molar-refractivity contribution in [1.29, 1.82) is 0 Å². The summed E-state index contributed by atoms with van der Waals surface area (Å²) in [7, 11) is 0. The fraction of sp³-hybridized carbons (Fsp3) is 0.647. The Kier molecular flexibility index (Phi) is 3.88. The first-order chi connectivity index (χ1) is 10.1. The highest BCUT2D eigenvalue weighted by molar-refractivity contribution is 5.89. The molecule has 2 rings (SSSR count). The van der Waals surface area contributed by atoms with Gasteiger partial charge in [-0.2, -0.15) is 0 Å². The van der Waals surface area contributed by atoms with Crippen molar-refractivity contribution in [2.24, 2.45) is 5.73 Å². The zero-order valence-corrected chi connectivity index (χ0v) is 14.4. The molecule has 2 N–H and O–H groups in total. The molecule has 1 unspecified atom stereocenters. The molecule has 1 amide bonds. The first-order valence-electron chi connectivity index (χ1n) is 7.72. The van der Waals surface area contributed by atoms with E-state index >= 15 is 0 Å². The highest BCUT2D eigenvalue weighted by Crippen LogP contribution is 2.52.